The summed E-state index contributed by atoms with van der Waals surface area (Å²) in [4.78, 5) is 25.3. The third-order valence-corrected chi connectivity index (χ3v) is 4.90. The SMILES string of the molecule is CCOc1ccc(C2NC(=S)N(C)C3=C2C(=O)CCC3)cc1[N+](=O)[O-]. The van der Waals surface area contributed by atoms with E-state index >= 15 is 0 Å². The first kappa shape index (κ1) is 17.3. The molecule has 1 aliphatic carbocycles. The van der Waals surface area contributed by atoms with Crippen LogP contribution < -0.4 is 10.1 Å². The van der Waals surface area contributed by atoms with Gasteiger partial charge in [-0.25, -0.2) is 0 Å². The van der Waals surface area contributed by atoms with E-state index in [9.17, 15) is 14.9 Å². The first-order chi connectivity index (χ1) is 11.9. The predicted octanol–water partition coefficient (Wildman–Crippen LogP) is 2.86. The number of nitro benzene ring substituents is 1. The highest BCUT2D eigenvalue weighted by atomic mass is 32.1. The first-order valence-corrected chi connectivity index (χ1v) is 8.56. The third-order valence-electron chi connectivity index (χ3n) is 4.51. The molecule has 1 atom stereocenters. The van der Waals surface area contributed by atoms with Gasteiger partial charge in [0, 0.05) is 30.8 Å². The van der Waals surface area contributed by atoms with Gasteiger partial charge in [-0.2, -0.15) is 0 Å². The highest BCUT2D eigenvalue weighted by molar-refractivity contribution is 7.80. The summed E-state index contributed by atoms with van der Waals surface area (Å²) in [6.45, 7) is 2.11. The van der Waals surface area contributed by atoms with E-state index in [4.69, 9.17) is 17.0 Å². The summed E-state index contributed by atoms with van der Waals surface area (Å²) in [5, 5.41) is 15.0. The highest BCUT2D eigenvalue weighted by Crippen LogP contribution is 2.39. The smallest absolute Gasteiger partial charge is 0.311 e. The average Bonchev–Trinajstić information content (AvgIpc) is 2.59. The molecule has 1 aliphatic heterocycles. The Kier molecular flexibility index (Phi) is 4.71. The van der Waals surface area contributed by atoms with Gasteiger partial charge in [-0.05, 0) is 43.6 Å². The topological polar surface area (TPSA) is 84.7 Å². The van der Waals surface area contributed by atoms with Crippen molar-refractivity contribution in [2.45, 2.75) is 32.2 Å². The molecule has 0 radical (unpaired) electrons. The minimum absolute atomic E-state index is 0.0598. The standard InChI is InChI=1S/C17H19N3O4S/c1-3-24-14-8-7-10(9-12(14)20(22)23)16-15-11(5-4-6-13(15)21)19(2)17(25)18-16/h7-9,16H,3-6H2,1-2H3,(H,18,25). The van der Waals surface area contributed by atoms with Crippen LogP contribution in [-0.2, 0) is 4.79 Å². The van der Waals surface area contributed by atoms with E-state index < -0.39 is 11.0 Å². The highest BCUT2D eigenvalue weighted by Gasteiger charge is 2.36. The second-order valence-corrected chi connectivity index (χ2v) is 6.38. The summed E-state index contributed by atoms with van der Waals surface area (Å²) in [6, 6.07) is 4.31. The van der Waals surface area contributed by atoms with Gasteiger partial charge in [-0.1, -0.05) is 6.07 Å². The van der Waals surface area contributed by atoms with Gasteiger partial charge in [0.1, 0.15) is 0 Å². The number of rotatable bonds is 4. The van der Waals surface area contributed by atoms with Crippen molar-refractivity contribution in [1.29, 1.82) is 0 Å². The monoisotopic (exact) mass is 361 g/mol. The number of ether oxygens (including phenoxy) is 1. The van der Waals surface area contributed by atoms with E-state index in [1.807, 2.05) is 11.9 Å². The molecule has 1 N–H and O–H groups in total. The van der Waals surface area contributed by atoms with Crippen molar-refractivity contribution < 1.29 is 14.5 Å². The van der Waals surface area contributed by atoms with Crippen LogP contribution in [0.5, 0.6) is 5.75 Å². The van der Waals surface area contributed by atoms with E-state index in [1.54, 1.807) is 19.1 Å². The Balaban J connectivity index is 2.10. The van der Waals surface area contributed by atoms with Gasteiger partial charge < -0.3 is 15.0 Å². The molecular formula is C17H19N3O4S. The summed E-state index contributed by atoms with van der Waals surface area (Å²) in [5.74, 6) is 0.278. The summed E-state index contributed by atoms with van der Waals surface area (Å²) >= 11 is 5.37. The zero-order valence-electron chi connectivity index (χ0n) is 14.1. The van der Waals surface area contributed by atoms with Crippen molar-refractivity contribution in [1.82, 2.24) is 10.2 Å². The fraction of sp³-hybridized carbons (Fsp3) is 0.412. The number of hydrogen-bond donors (Lipinski definition) is 1. The lowest BCUT2D eigenvalue weighted by molar-refractivity contribution is -0.385. The Hall–Kier alpha value is -2.48. The van der Waals surface area contributed by atoms with Crippen LogP contribution >= 0.6 is 12.2 Å². The van der Waals surface area contributed by atoms with E-state index in [0.717, 1.165) is 18.5 Å². The van der Waals surface area contributed by atoms with Crippen LogP contribution in [0.1, 0.15) is 37.8 Å². The van der Waals surface area contributed by atoms with Crippen LogP contribution in [0.3, 0.4) is 0 Å². The van der Waals surface area contributed by atoms with Crippen LogP contribution in [0, 0.1) is 10.1 Å². The molecule has 0 aromatic heterocycles. The Labute approximate surface area is 150 Å². The van der Waals surface area contributed by atoms with Crippen molar-refractivity contribution in [3.05, 3.63) is 45.1 Å². The van der Waals surface area contributed by atoms with Crippen molar-refractivity contribution in [2.75, 3.05) is 13.7 Å². The third kappa shape index (κ3) is 3.09. The molecule has 1 unspecified atom stereocenters. The lowest BCUT2D eigenvalue weighted by Crippen LogP contribution is -2.47. The van der Waals surface area contributed by atoms with Crippen molar-refractivity contribution in [3.8, 4) is 5.75 Å². The summed E-state index contributed by atoms with van der Waals surface area (Å²) in [5.41, 5.74) is 2.08. The first-order valence-electron chi connectivity index (χ1n) is 8.15. The normalized spacial score (nSPS) is 20.2. The summed E-state index contributed by atoms with van der Waals surface area (Å²) in [7, 11) is 1.83. The molecule has 2 aliphatic rings. The molecule has 0 fully saturated rings. The van der Waals surface area contributed by atoms with Gasteiger partial charge in [-0.15, -0.1) is 0 Å². The van der Waals surface area contributed by atoms with Crippen molar-refractivity contribution in [2.24, 2.45) is 0 Å². The summed E-state index contributed by atoms with van der Waals surface area (Å²) in [6.07, 6.45) is 2.05. The Bertz CT molecular complexity index is 790. The second-order valence-electron chi connectivity index (χ2n) is 6.00. The fourth-order valence-electron chi connectivity index (χ4n) is 3.32. The van der Waals surface area contributed by atoms with Crippen LogP contribution in [-0.4, -0.2) is 34.4 Å². The maximum absolute atomic E-state index is 12.5. The van der Waals surface area contributed by atoms with Gasteiger partial charge in [0.15, 0.2) is 16.6 Å². The van der Waals surface area contributed by atoms with E-state index in [0.29, 0.717) is 29.3 Å². The largest absolute Gasteiger partial charge is 0.487 e. The number of hydrogen-bond acceptors (Lipinski definition) is 5. The molecule has 8 heteroatoms. The molecule has 0 saturated carbocycles. The zero-order chi connectivity index (χ0) is 18.1. The molecular weight excluding hydrogens is 342 g/mol. The molecule has 25 heavy (non-hydrogen) atoms. The van der Waals surface area contributed by atoms with Crippen LogP contribution in [0.4, 0.5) is 5.69 Å². The molecule has 0 spiro atoms. The average molecular weight is 361 g/mol. The number of nitro groups is 1. The van der Waals surface area contributed by atoms with E-state index in [2.05, 4.69) is 5.32 Å². The molecule has 0 amide bonds. The molecule has 0 bridgehead atoms. The predicted molar refractivity (Wildman–Crippen MR) is 96.4 cm³/mol. The Morgan fingerprint density at radius 2 is 2.20 bits per heavy atom. The maximum Gasteiger partial charge on any atom is 0.311 e. The number of Topliss-reactive ketones (excluding diaryl/α,β-unsaturated/α-hetero) is 1. The van der Waals surface area contributed by atoms with Crippen LogP contribution in [0.15, 0.2) is 29.5 Å². The van der Waals surface area contributed by atoms with Gasteiger partial charge in [0.25, 0.3) is 0 Å². The number of benzene rings is 1. The second kappa shape index (κ2) is 6.79. The van der Waals surface area contributed by atoms with Gasteiger partial charge in [-0.3, -0.25) is 14.9 Å². The number of ketones is 1. The zero-order valence-corrected chi connectivity index (χ0v) is 14.9. The Morgan fingerprint density at radius 3 is 2.88 bits per heavy atom. The number of nitrogens with zero attached hydrogens (tertiary/aromatic N) is 2. The number of carbonyl (C=O) groups is 1. The molecule has 132 valence electrons. The lowest BCUT2D eigenvalue weighted by atomic mass is 9.85. The number of nitrogens with one attached hydrogen (secondary N) is 1. The quantitative estimate of drug-likeness (QED) is 0.501. The van der Waals surface area contributed by atoms with Crippen molar-refractivity contribution in [3.63, 3.8) is 0 Å². The van der Waals surface area contributed by atoms with Gasteiger partial charge in [0.05, 0.1) is 17.6 Å². The van der Waals surface area contributed by atoms with Crippen molar-refractivity contribution >= 4 is 28.8 Å². The minimum atomic E-state index is -0.472. The van der Waals surface area contributed by atoms with Crippen LogP contribution in [0.2, 0.25) is 0 Å². The van der Waals surface area contributed by atoms with Gasteiger partial charge >= 0.3 is 5.69 Å². The molecule has 1 aromatic rings. The minimum Gasteiger partial charge on any atom is -0.487 e. The lowest BCUT2D eigenvalue weighted by Gasteiger charge is -2.39. The molecule has 7 nitrogen and oxygen atoms in total. The number of thiocarbonyl (C=S) groups is 1. The Morgan fingerprint density at radius 1 is 1.44 bits per heavy atom. The van der Waals surface area contributed by atoms with Crippen LogP contribution in [0.25, 0.3) is 0 Å². The van der Waals surface area contributed by atoms with Gasteiger partial charge in [0.2, 0.25) is 0 Å². The molecule has 1 heterocycles. The van der Waals surface area contributed by atoms with E-state index in [1.165, 1.54) is 6.07 Å². The summed E-state index contributed by atoms with van der Waals surface area (Å²) < 4.78 is 5.33. The van der Waals surface area contributed by atoms with E-state index in [-0.39, 0.29) is 17.2 Å². The molecule has 3 rings (SSSR count). The number of carbonyl (C=O) groups excluding carboxylic acids is 1. The molecule has 1 aromatic carbocycles. The maximum atomic E-state index is 12.5. The molecule has 0 saturated heterocycles. The number of allylic oxidation sites excluding steroid dienone is 1. The fourth-order valence-corrected chi connectivity index (χ4v) is 3.55.